The third-order valence-corrected chi connectivity index (χ3v) is 2.78. The smallest absolute Gasteiger partial charge is 0.350 e. The van der Waals surface area contributed by atoms with Gasteiger partial charge < -0.3 is 20.1 Å². The molecule has 1 aromatic rings. The molecule has 2 N–H and O–H groups in total. The Morgan fingerprint density at radius 2 is 1.83 bits per heavy atom. The van der Waals surface area contributed by atoms with Gasteiger partial charge in [-0.3, -0.25) is 4.79 Å². The van der Waals surface area contributed by atoms with Crippen molar-refractivity contribution >= 4 is 29.2 Å². The Bertz CT molecular complexity index is 690. The zero-order valence-corrected chi connectivity index (χ0v) is 12.7. The maximum atomic E-state index is 13.8. The summed E-state index contributed by atoms with van der Waals surface area (Å²) in [6.07, 6.45) is 1.08. The van der Waals surface area contributed by atoms with E-state index in [1.54, 1.807) is 0 Å². The van der Waals surface area contributed by atoms with E-state index >= 15 is 0 Å². The van der Waals surface area contributed by atoms with Crippen LogP contribution in [0.4, 0.5) is 15.8 Å². The van der Waals surface area contributed by atoms with Gasteiger partial charge in [-0.25, -0.2) is 14.0 Å². The fourth-order valence-corrected chi connectivity index (χ4v) is 1.83. The number of anilines is 2. The number of rotatable bonds is 3. The third kappa shape index (κ3) is 4.06. The summed E-state index contributed by atoms with van der Waals surface area (Å²) in [5.74, 6) is -4.07. The van der Waals surface area contributed by atoms with Gasteiger partial charge in [0.15, 0.2) is 5.57 Å². The lowest BCUT2D eigenvalue weighted by atomic mass is 10.2. The van der Waals surface area contributed by atoms with Gasteiger partial charge in [-0.1, -0.05) is 0 Å². The lowest BCUT2D eigenvalue weighted by Crippen LogP contribution is -2.42. The van der Waals surface area contributed by atoms with Crippen molar-refractivity contribution in [1.82, 2.24) is 0 Å². The topological polar surface area (TPSA) is 93.7 Å². The maximum Gasteiger partial charge on any atom is 0.350 e. The maximum absolute atomic E-state index is 13.8. The van der Waals surface area contributed by atoms with Gasteiger partial charge in [0.1, 0.15) is 5.82 Å². The molecule has 0 atom stereocenters. The van der Waals surface area contributed by atoms with Gasteiger partial charge in [-0.2, -0.15) is 0 Å². The van der Waals surface area contributed by atoms with Crippen molar-refractivity contribution in [2.75, 3.05) is 10.6 Å². The molecule has 1 amide bonds. The molecular weight excluding hydrogens is 307 g/mol. The molecule has 1 aliphatic heterocycles. The minimum atomic E-state index is -1.32. The molecule has 1 aliphatic rings. The number of esters is 2. The molecule has 0 saturated carbocycles. The van der Waals surface area contributed by atoms with Crippen LogP contribution >= 0.6 is 0 Å². The van der Waals surface area contributed by atoms with E-state index in [9.17, 15) is 18.8 Å². The van der Waals surface area contributed by atoms with Crippen molar-refractivity contribution in [3.8, 4) is 0 Å². The normalized spacial score (nSPS) is 16.3. The summed E-state index contributed by atoms with van der Waals surface area (Å²) in [5.41, 5.74) is -0.0425. The number of hydrogen-bond acceptors (Lipinski definition) is 6. The van der Waals surface area contributed by atoms with Crippen LogP contribution in [0.25, 0.3) is 0 Å². The van der Waals surface area contributed by atoms with E-state index in [0.29, 0.717) is 0 Å². The molecule has 0 unspecified atom stereocenters. The first-order valence-electron chi connectivity index (χ1n) is 6.68. The quantitative estimate of drug-likeness (QED) is 0.502. The van der Waals surface area contributed by atoms with Gasteiger partial charge in [0.25, 0.3) is 5.79 Å². The van der Waals surface area contributed by atoms with Crippen LogP contribution in [-0.4, -0.2) is 23.6 Å². The number of carbonyl (C=O) groups is 3. The van der Waals surface area contributed by atoms with E-state index in [1.165, 1.54) is 32.9 Å². The van der Waals surface area contributed by atoms with E-state index in [2.05, 4.69) is 10.6 Å². The zero-order chi connectivity index (χ0) is 17.2. The first kappa shape index (κ1) is 16.5. The molecule has 2 rings (SSSR count). The summed E-state index contributed by atoms with van der Waals surface area (Å²) in [5, 5.41) is 4.93. The number of nitrogens with one attached hydrogen (secondary N) is 2. The zero-order valence-electron chi connectivity index (χ0n) is 12.7. The van der Waals surface area contributed by atoms with Crippen LogP contribution in [0.15, 0.2) is 30.0 Å². The molecule has 0 radical (unpaired) electrons. The number of cyclic esters (lactones) is 2. The fraction of sp³-hybridized carbons (Fsp3) is 0.267. The fourth-order valence-electron chi connectivity index (χ4n) is 1.83. The van der Waals surface area contributed by atoms with Gasteiger partial charge in [-0.15, -0.1) is 0 Å². The van der Waals surface area contributed by atoms with E-state index in [1.807, 2.05) is 0 Å². The Kier molecular flexibility index (Phi) is 4.35. The first-order valence-corrected chi connectivity index (χ1v) is 6.68. The van der Waals surface area contributed by atoms with Crippen LogP contribution < -0.4 is 10.6 Å². The summed E-state index contributed by atoms with van der Waals surface area (Å²) in [6.45, 7) is 4.13. The van der Waals surface area contributed by atoms with Crippen LogP contribution in [-0.2, 0) is 23.9 Å². The van der Waals surface area contributed by atoms with Crippen LogP contribution in [0, 0.1) is 5.82 Å². The third-order valence-electron chi connectivity index (χ3n) is 2.78. The van der Waals surface area contributed by atoms with E-state index < -0.39 is 29.5 Å². The van der Waals surface area contributed by atoms with Crippen LogP contribution in [0.1, 0.15) is 20.8 Å². The molecule has 122 valence electrons. The van der Waals surface area contributed by atoms with Gasteiger partial charge in [0.05, 0.1) is 5.69 Å². The lowest BCUT2D eigenvalue weighted by molar-refractivity contribution is -0.222. The number of benzene rings is 1. The Labute approximate surface area is 131 Å². The average Bonchev–Trinajstić information content (AvgIpc) is 2.39. The van der Waals surface area contributed by atoms with Gasteiger partial charge >= 0.3 is 11.9 Å². The van der Waals surface area contributed by atoms with E-state index in [4.69, 9.17) is 9.47 Å². The molecule has 0 spiro atoms. The second-order valence-electron chi connectivity index (χ2n) is 5.26. The number of halogens is 1. The lowest BCUT2D eigenvalue weighted by Gasteiger charge is -2.29. The monoisotopic (exact) mass is 322 g/mol. The second kappa shape index (κ2) is 6.07. The molecule has 1 aromatic carbocycles. The Hall–Kier alpha value is -2.90. The molecular formula is C15H15FN2O5. The molecule has 23 heavy (non-hydrogen) atoms. The average molecular weight is 322 g/mol. The predicted octanol–water partition coefficient (Wildman–Crippen LogP) is 1.92. The molecule has 0 aromatic heterocycles. The van der Waals surface area contributed by atoms with Gasteiger partial charge in [0, 0.05) is 32.7 Å². The molecule has 8 heteroatoms. The Balaban J connectivity index is 2.14. The van der Waals surface area contributed by atoms with Crippen molar-refractivity contribution in [1.29, 1.82) is 0 Å². The van der Waals surface area contributed by atoms with Gasteiger partial charge in [0.2, 0.25) is 5.91 Å². The van der Waals surface area contributed by atoms with Gasteiger partial charge in [-0.05, 0) is 18.2 Å². The number of carbonyl (C=O) groups excluding carboxylic acids is 3. The molecule has 0 bridgehead atoms. The Morgan fingerprint density at radius 1 is 1.22 bits per heavy atom. The molecule has 0 aliphatic carbocycles. The summed E-state index contributed by atoms with van der Waals surface area (Å²) < 4.78 is 23.6. The van der Waals surface area contributed by atoms with Crippen LogP contribution in [0.3, 0.4) is 0 Å². The summed E-state index contributed by atoms with van der Waals surface area (Å²) in [4.78, 5) is 34.4. The van der Waals surface area contributed by atoms with Crippen LogP contribution in [0.2, 0.25) is 0 Å². The summed E-state index contributed by atoms with van der Waals surface area (Å²) >= 11 is 0. The van der Waals surface area contributed by atoms with Crippen molar-refractivity contribution in [2.45, 2.75) is 26.6 Å². The van der Waals surface area contributed by atoms with Crippen molar-refractivity contribution < 1.29 is 28.2 Å². The second-order valence-corrected chi connectivity index (χ2v) is 5.26. The van der Waals surface area contributed by atoms with E-state index in [-0.39, 0.29) is 16.9 Å². The van der Waals surface area contributed by atoms with Crippen molar-refractivity contribution in [2.24, 2.45) is 0 Å². The molecule has 1 heterocycles. The highest BCUT2D eigenvalue weighted by Gasteiger charge is 2.38. The van der Waals surface area contributed by atoms with E-state index in [0.717, 1.165) is 12.3 Å². The SMILES string of the molecule is CC(=O)Nc1ccc(NC=C2C(=O)OC(C)(C)OC2=O)cc1F. The highest BCUT2D eigenvalue weighted by molar-refractivity contribution is 6.15. The highest BCUT2D eigenvalue weighted by atomic mass is 19.1. The highest BCUT2D eigenvalue weighted by Crippen LogP contribution is 2.23. The predicted molar refractivity (Wildman–Crippen MR) is 78.7 cm³/mol. The van der Waals surface area contributed by atoms with Crippen molar-refractivity contribution in [3.63, 3.8) is 0 Å². The number of hydrogen-bond donors (Lipinski definition) is 2. The van der Waals surface area contributed by atoms with Crippen LogP contribution in [0.5, 0.6) is 0 Å². The molecule has 1 fully saturated rings. The largest absolute Gasteiger partial charge is 0.419 e. The summed E-state index contributed by atoms with van der Waals surface area (Å²) in [6, 6.07) is 3.92. The first-order chi connectivity index (χ1) is 10.7. The minimum Gasteiger partial charge on any atom is -0.419 e. The summed E-state index contributed by atoms with van der Waals surface area (Å²) in [7, 11) is 0. The standard InChI is InChI=1S/C15H15FN2O5/c1-8(19)18-12-5-4-9(6-11(12)16)17-7-10-13(20)22-15(2,3)23-14(10)21/h4-7,17H,1-3H3,(H,18,19). The Morgan fingerprint density at radius 3 is 2.35 bits per heavy atom. The molecule has 1 saturated heterocycles. The molecule has 7 nitrogen and oxygen atoms in total. The van der Waals surface area contributed by atoms with Crippen molar-refractivity contribution in [3.05, 3.63) is 35.8 Å². The number of ether oxygens (including phenoxy) is 2. The number of amides is 1. The minimum absolute atomic E-state index is 0.0222.